The number of anilines is 1. The summed E-state index contributed by atoms with van der Waals surface area (Å²) >= 11 is 0. The molecular weight excluding hydrogens is 234 g/mol. The molecule has 0 atom stereocenters. The van der Waals surface area contributed by atoms with Crippen LogP contribution in [0.15, 0.2) is 12.1 Å². The van der Waals surface area contributed by atoms with Crippen molar-refractivity contribution in [3.8, 4) is 0 Å². The molecule has 0 saturated carbocycles. The molecule has 0 saturated heterocycles. The fourth-order valence-corrected chi connectivity index (χ4v) is 1.12. The van der Waals surface area contributed by atoms with Crippen molar-refractivity contribution in [1.82, 2.24) is 20.4 Å². The Balaban J connectivity index is 2.55. The molecule has 2 amide bonds. The first-order valence-corrected chi connectivity index (χ1v) is 5.60. The van der Waals surface area contributed by atoms with E-state index in [1.807, 2.05) is 6.92 Å². The second kappa shape index (κ2) is 6.53. The van der Waals surface area contributed by atoms with Crippen molar-refractivity contribution in [1.29, 1.82) is 0 Å². The normalized spacial score (nSPS) is 9.72. The van der Waals surface area contributed by atoms with Crippen molar-refractivity contribution >= 4 is 17.6 Å². The Morgan fingerprint density at radius 3 is 2.50 bits per heavy atom. The maximum atomic E-state index is 11.4. The molecule has 0 bridgehead atoms. The lowest BCUT2D eigenvalue weighted by atomic mass is 10.3. The molecule has 0 radical (unpaired) electrons. The molecule has 1 heterocycles. The zero-order valence-corrected chi connectivity index (χ0v) is 10.7. The average Bonchev–Trinajstić information content (AvgIpc) is 2.36. The monoisotopic (exact) mass is 251 g/mol. The lowest BCUT2D eigenvalue weighted by Crippen LogP contribution is -2.29. The fraction of sp³-hybridized carbons (Fsp3) is 0.455. The van der Waals surface area contributed by atoms with Gasteiger partial charge in [0.15, 0.2) is 5.69 Å². The van der Waals surface area contributed by atoms with E-state index < -0.39 is 0 Å². The Morgan fingerprint density at radius 2 is 2.00 bits per heavy atom. The molecular formula is C11H17N5O2. The molecule has 0 unspecified atom stereocenters. The van der Waals surface area contributed by atoms with E-state index in [2.05, 4.69) is 20.8 Å². The quantitative estimate of drug-likeness (QED) is 0.752. The minimum atomic E-state index is -0.263. The van der Waals surface area contributed by atoms with Gasteiger partial charge in [0.25, 0.3) is 5.91 Å². The lowest BCUT2D eigenvalue weighted by molar-refractivity contribution is -0.126. The van der Waals surface area contributed by atoms with Crippen molar-refractivity contribution in [3.63, 3.8) is 0 Å². The highest BCUT2D eigenvalue weighted by Gasteiger charge is 2.07. The van der Waals surface area contributed by atoms with Crippen LogP contribution in [0.2, 0.25) is 0 Å². The highest BCUT2D eigenvalue weighted by atomic mass is 16.2. The van der Waals surface area contributed by atoms with Gasteiger partial charge in [0.05, 0.1) is 6.54 Å². The summed E-state index contributed by atoms with van der Waals surface area (Å²) in [4.78, 5) is 24.2. The summed E-state index contributed by atoms with van der Waals surface area (Å²) in [7, 11) is 3.35. The molecule has 0 aliphatic rings. The van der Waals surface area contributed by atoms with Crippen LogP contribution < -0.4 is 10.6 Å². The maximum Gasteiger partial charge on any atom is 0.271 e. The van der Waals surface area contributed by atoms with Gasteiger partial charge in [0.2, 0.25) is 5.91 Å². The number of likely N-dealkylation sites (N-methyl/N-ethyl adjacent to an activating group) is 1. The van der Waals surface area contributed by atoms with Gasteiger partial charge in [-0.15, -0.1) is 10.2 Å². The number of aromatic nitrogens is 2. The van der Waals surface area contributed by atoms with Crippen LogP contribution in [0.3, 0.4) is 0 Å². The van der Waals surface area contributed by atoms with Gasteiger partial charge in [-0.05, 0) is 19.1 Å². The number of nitrogens with one attached hydrogen (secondary N) is 2. The number of amides is 2. The van der Waals surface area contributed by atoms with Crippen LogP contribution in [-0.2, 0) is 4.79 Å². The van der Waals surface area contributed by atoms with E-state index in [1.54, 1.807) is 26.2 Å². The first-order chi connectivity index (χ1) is 8.54. The summed E-state index contributed by atoms with van der Waals surface area (Å²) in [6, 6.07) is 3.17. The molecule has 1 aromatic rings. The summed E-state index contributed by atoms with van der Waals surface area (Å²) in [5.41, 5.74) is 0.251. The standard InChI is InChI=1S/C11H17N5O2/c1-4-12-11(18)8-5-6-9(15-14-8)13-7-10(17)16(2)3/h5-6H,4,7H2,1-3H3,(H,12,18)(H,13,15). The molecule has 2 N–H and O–H groups in total. The van der Waals surface area contributed by atoms with Crippen LogP contribution in [0.1, 0.15) is 17.4 Å². The first-order valence-electron chi connectivity index (χ1n) is 5.60. The van der Waals surface area contributed by atoms with Crippen LogP contribution in [-0.4, -0.2) is 54.1 Å². The minimum absolute atomic E-state index is 0.0652. The van der Waals surface area contributed by atoms with E-state index in [0.717, 1.165) is 0 Å². The minimum Gasteiger partial charge on any atom is -0.360 e. The van der Waals surface area contributed by atoms with Gasteiger partial charge >= 0.3 is 0 Å². The van der Waals surface area contributed by atoms with E-state index in [4.69, 9.17) is 0 Å². The Hall–Kier alpha value is -2.18. The highest BCUT2D eigenvalue weighted by molar-refractivity contribution is 5.92. The number of carbonyl (C=O) groups excluding carboxylic acids is 2. The van der Waals surface area contributed by atoms with Crippen molar-refractivity contribution in [3.05, 3.63) is 17.8 Å². The van der Waals surface area contributed by atoms with Crippen LogP contribution in [0.5, 0.6) is 0 Å². The van der Waals surface area contributed by atoms with E-state index in [1.165, 1.54) is 4.90 Å². The Bertz CT molecular complexity index is 416. The molecule has 7 heteroatoms. The third-order valence-corrected chi connectivity index (χ3v) is 2.15. The number of nitrogens with zero attached hydrogens (tertiary/aromatic N) is 3. The van der Waals surface area contributed by atoms with Crippen LogP contribution in [0.25, 0.3) is 0 Å². The third-order valence-electron chi connectivity index (χ3n) is 2.15. The third kappa shape index (κ3) is 4.00. The molecule has 1 aromatic heterocycles. The molecule has 18 heavy (non-hydrogen) atoms. The van der Waals surface area contributed by atoms with Crippen molar-refractivity contribution < 1.29 is 9.59 Å². The van der Waals surface area contributed by atoms with Gasteiger partial charge in [-0.1, -0.05) is 0 Å². The molecule has 0 aliphatic carbocycles. The maximum absolute atomic E-state index is 11.4. The van der Waals surface area contributed by atoms with E-state index >= 15 is 0 Å². The summed E-state index contributed by atoms with van der Waals surface area (Å²) < 4.78 is 0. The summed E-state index contributed by atoms with van der Waals surface area (Å²) in [5, 5.41) is 13.0. The highest BCUT2D eigenvalue weighted by Crippen LogP contribution is 2.01. The molecule has 0 fully saturated rings. The summed E-state index contributed by atoms with van der Waals surface area (Å²) in [6.45, 7) is 2.51. The van der Waals surface area contributed by atoms with E-state index in [9.17, 15) is 9.59 Å². The van der Waals surface area contributed by atoms with Crippen LogP contribution in [0, 0.1) is 0 Å². The predicted octanol–water partition coefficient (Wildman–Crippen LogP) is -0.274. The lowest BCUT2D eigenvalue weighted by Gasteiger charge is -2.10. The smallest absolute Gasteiger partial charge is 0.271 e. The molecule has 0 aliphatic heterocycles. The number of hydrogen-bond acceptors (Lipinski definition) is 5. The zero-order valence-electron chi connectivity index (χ0n) is 10.7. The second-order valence-corrected chi connectivity index (χ2v) is 3.80. The van der Waals surface area contributed by atoms with E-state index in [-0.39, 0.29) is 24.1 Å². The fourth-order valence-electron chi connectivity index (χ4n) is 1.12. The largest absolute Gasteiger partial charge is 0.360 e. The topological polar surface area (TPSA) is 87.2 Å². The Kier molecular flexibility index (Phi) is 5.04. The predicted molar refractivity (Wildman–Crippen MR) is 67.2 cm³/mol. The van der Waals surface area contributed by atoms with Gasteiger partial charge < -0.3 is 15.5 Å². The van der Waals surface area contributed by atoms with E-state index in [0.29, 0.717) is 12.4 Å². The van der Waals surface area contributed by atoms with Crippen LogP contribution in [0.4, 0.5) is 5.82 Å². The second-order valence-electron chi connectivity index (χ2n) is 3.80. The Labute approximate surface area is 106 Å². The zero-order chi connectivity index (χ0) is 13.5. The number of carbonyl (C=O) groups is 2. The summed E-state index contributed by atoms with van der Waals surface area (Å²) in [6.07, 6.45) is 0. The van der Waals surface area contributed by atoms with Gasteiger partial charge in [-0.2, -0.15) is 0 Å². The Morgan fingerprint density at radius 1 is 1.28 bits per heavy atom. The number of hydrogen-bond donors (Lipinski definition) is 2. The van der Waals surface area contributed by atoms with Crippen molar-refractivity contribution in [2.75, 3.05) is 32.5 Å². The number of rotatable bonds is 5. The van der Waals surface area contributed by atoms with Gasteiger partial charge in [-0.25, -0.2) is 0 Å². The van der Waals surface area contributed by atoms with Crippen molar-refractivity contribution in [2.45, 2.75) is 6.92 Å². The first kappa shape index (κ1) is 13.9. The average molecular weight is 251 g/mol. The van der Waals surface area contributed by atoms with Gasteiger partial charge in [0, 0.05) is 20.6 Å². The summed E-state index contributed by atoms with van der Waals surface area (Å²) in [5.74, 6) is 0.128. The SMILES string of the molecule is CCNC(=O)c1ccc(NCC(=O)N(C)C)nn1. The van der Waals surface area contributed by atoms with Crippen LogP contribution >= 0.6 is 0 Å². The molecule has 0 spiro atoms. The molecule has 98 valence electrons. The molecule has 0 aromatic carbocycles. The van der Waals surface area contributed by atoms with Gasteiger partial charge in [-0.3, -0.25) is 9.59 Å². The molecule has 7 nitrogen and oxygen atoms in total. The van der Waals surface area contributed by atoms with Crippen molar-refractivity contribution in [2.24, 2.45) is 0 Å². The van der Waals surface area contributed by atoms with Gasteiger partial charge in [0.1, 0.15) is 5.82 Å². The molecule has 1 rings (SSSR count).